The molecular weight excluding hydrogens is 292 g/mol. The quantitative estimate of drug-likeness (QED) is 0.766. The molecule has 1 aromatic rings. The Balaban J connectivity index is 0.00000400. The number of benzene rings is 1. The number of nitrogens with two attached hydrogens (primary N) is 1. The molecule has 0 radical (unpaired) electrons. The van der Waals surface area contributed by atoms with Crippen LogP contribution < -0.4 is 15.8 Å². The summed E-state index contributed by atoms with van der Waals surface area (Å²) >= 11 is 0. The van der Waals surface area contributed by atoms with Gasteiger partial charge in [0.2, 0.25) is 5.91 Å². The van der Waals surface area contributed by atoms with Gasteiger partial charge in [0.1, 0.15) is 11.8 Å². The summed E-state index contributed by atoms with van der Waals surface area (Å²) < 4.78 is 10.5. The zero-order valence-electron chi connectivity index (χ0n) is 12.8. The molecule has 1 unspecified atom stereocenters. The summed E-state index contributed by atoms with van der Waals surface area (Å²) in [6, 6.07) is 7.03. The van der Waals surface area contributed by atoms with Crippen LogP contribution >= 0.6 is 12.4 Å². The molecule has 1 amide bonds. The summed E-state index contributed by atoms with van der Waals surface area (Å²) in [7, 11) is 1.52. The van der Waals surface area contributed by atoms with Crippen molar-refractivity contribution in [2.24, 2.45) is 11.7 Å². The lowest BCUT2D eigenvalue weighted by molar-refractivity contribution is -0.123. The van der Waals surface area contributed by atoms with Crippen molar-refractivity contribution in [3.63, 3.8) is 0 Å². The van der Waals surface area contributed by atoms with E-state index in [1.165, 1.54) is 7.11 Å². The van der Waals surface area contributed by atoms with E-state index in [1.54, 1.807) is 0 Å². The molecule has 5 nitrogen and oxygen atoms in total. The van der Waals surface area contributed by atoms with E-state index < -0.39 is 6.04 Å². The molecule has 0 aliphatic heterocycles. The van der Waals surface area contributed by atoms with Crippen LogP contribution in [0.1, 0.15) is 19.4 Å². The molecule has 0 aliphatic carbocycles. The fourth-order valence-corrected chi connectivity index (χ4v) is 1.58. The number of amides is 1. The molecule has 6 heteroatoms. The Morgan fingerprint density at radius 2 is 2.05 bits per heavy atom. The van der Waals surface area contributed by atoms with Crippen molar-refractivity contribution < 1.29 is 14.3 Å². The van der Waals surface area contributed by atoms with Gasteiger partial charge in [-0.2, -0.15) is 0 Å². The van der Waals surface area contributed by atoms with Crippen LogP contribution in [-0.2, 0) is 16.1 Å². The molecule has 0 aromatic heterocycles. The van der Waals surface area contributed by atoms with E-state index in [9.17, 15) is 4.79 Å². The van der Waals surface area contributed by atoms with Crippen molar-refractivity contribution in [1.82, 2.24) is 5.32 Å². The molecule has 3 N–H and O–H groups in total. The lowest BCUT2D eigenvalue weighted by Gasteiger charge is -2.12. The van der Waals surface area contributed by atoms with Gasteiger partial charge < -0.3 is 20.5 Å². The lowest BCUT2D eigenvalue weighted by Crippen LogP contribution is -2.43. The van der Waals surface area contributed by atoms with Gasteiger partial charge in [-0.05, 0) is 23.6 Å². The van der Waals surface area contributed by atoms with Gasteiger partial charge in [-0.3, -0.25) is 4.79 Å². The number of carbonyl (C=O) groups is 1. The van der Waals surface area contributed by atoms with Crippen molar-refractivity contribution in [2.45, 2.75) is 26.4 Å². The fourth-order valence-electron chi connectivity index (χ4n) is 1.58. The van der Waals surface area contributed by atoms with E-state index in [0.717, 1.165) is 11.3 Å². The molecule has 120 valence electrons. The van der Waals surface area contributed by atoms with Crippen LogP contribution in [0.3, 0.4) is 0 Å². The summed E-state index contributed by atoms with van der Waals surface area (Å²) in [5, 5.41) is 2.78. The molecular formula is C15H25ClN2O3. The topological polar surface area (TPSA) is 73.6 Å². The number of halogens is 1. The highest BCUT2D eigenvalue weighted by Crippen LogP contribution is 2.14. The van der Waals surface area contributed by atoms with E-state index in [4.69, 9.17) is 15.2 Å². The molecule has 0 fully saturated rings. The normalized spacial score (nSPS) is 11.7. The zero-order chi connectivity index (χ0) is 15.0. The maximum Gasteiger partial charge on any atom is 0.239 e. The predicted molar refractivity (Wildman–Crippen MR) is 85.7 cm³/mol. The number of rotatable bonds is 8. The molecule has 0 bridgehead atoms. The summed E-state index contributed by atoms with van der Waals surface area (Å²) in [5.74, 6) is 1.07. The van der Waals surface area contributed by atoms with Gasteiger partial charge >= 0.3 is 0 Å². The minimum Gasteiger partial charge on any atom is -0.493 e. The highest BCUT2D eigenvalue weighted by molar-refractivity contribution is 5.85. The minimum atomic E-state index is -0.639. The van der Waals surface area contributed by atoms with Gasteiger partial charge in [0, 0.05) is 13.7 Å². The largest absolute Gasteiger partial charge is 0.493 e. The maximum atomic E-state index is 11.7. The van der Waals surface area contributed by atoms with Crippen molar-refractivity contribution in [2.75, 3.05) is 20.3 Å². The maximum absolute atomic E-state index is 11.7. The number of nitrogens with one attached hydrogen (secondary N) is 1. The van der Waals surface area contributed by atoms with Crippen LogP contribution in [0.25, 0.3) is 0 Å². The van der Waals surface area contributed by atoms with E-state index in [0.29, 0.717) is 19.1 Å². The Morgan fingerprint density at radius 1 is 1.33 bits per heavy atom. The molecule has 1 aromatic carbocycles. The first-order valence-corrected chi connectivity index (χ1v) is 6.77. The summed E-state index contributed by atoms with van der Waals surface area (Å²) in [6.07, 6.45) is 0. The second-order valence-corrected chi connectivity index (χ2v) is 5.13. The third-order valence-corrected chi connectivity index (χ3v) is 2.63. The average Bonchev–Trinajstić information content (AvgIpc) is 2.43. The lowest BCUT2D eigenvalue weighted by atomic mass is 10.2. The highest BCUT2D eigenvalue weighted by atomic mass is 35.5. The van der Waals surface area contributed by atoms with Crippen LogP contribution in [0.15, 0.2) is 24.3 Å². The molecule has 0 saturated carbocycles. The number of carbonyl (C=O) groups excluding carboxylic acids is 1. The molecule has 0 aliphatic rings. The van der Waals surface area contributed by atoms with Crippen molar-refractivity contribution in [1.29, 1.82) is 0 Å². The van der Waals surface area contributed by atoms with Gasteiger partial charge in [0.25, 0.3) is 0 Å². The molecule has 21 heavy (non-hydrogen) atoms. The molecule has 0 saturated heterocycles. The first-order chi connectivity index (χ1) is 9.52. The van der Waals surface area contributed by atoms with Crippen molar-refractivity contribution in [3.05, 3.63) is 29.8 Å². The Kier molecular flexibility index (Phi) is 9.78. The monoisotopic (exact) mass is 316 g/mol. The van der Waals surface area contributed by atoms with Gasteiger partial charge in [0.15, 0.2) is 0 Å². The van der Waals surface area contributed by atoms with Crippen LogP contribution in [0.5, 0.6) is 5.75 Å². The Labute approximate surface area is 132 Å². The highest BCUT2D eigenvalue weighted by Gasteiger charge is 2.12. The third-order valence-electron chi connectivity index (χ3n) is 2.63. The van der Waals surface area contributed by atoms with Crippen molar-refractivity contribution >= 4 is 18.3 Å². The van der Waals surface area contributed by atoms with Gasteiger partial charge in [-0.25, -0.2) is 0 Å². The standard InChI is InChI=1S/C15H24N2O3.ClH/c1-11(2)9-20-13-6-4-5-12(7-13)8-17-15(18)14(16)10-19-3;/h4-7,11,14H,8-10,16H2,1-3H3,(H,17,18);1H. The van der Waals surface area contributed by atoms with E-state index in [1.807, 2.05) is 24.3 Å². The predicted octanol–water partition coefficient (Wildman–Crippen LogP) is 1.73. The Hall–Kier alpha value is -1.30. The Bertz CT molecular complexity index is 427. The minimum absolute atomic E-state index is 0. The van der Waals surface area contributed by atoms with Crippen molar-refractivity contribution in [3.8, 4) is 5.75 Å². The van der Waals surface area contributed by atoms with Crippen LogP contribution in [-0.4, -0.2) is 32.3 Å². The van der Waals surface area contributed by atoms with Crippen LogP contribution in [0.4, 0.5) is 0 Å². The van der Waals surface area contributed by atoms with Crippen LogP contribution in [0.2, 0.25) is 0 Å². The fraction of sp³-hybridized carbons (Fsp3) is 0.533. The first-order valence-electron chi connectivity index (χ1n) is 6.77. The molecule has 1 atom stereocenters. The number of methoxy groups -OCH3 is 1. The zero-order valence-corrected chi connectivity index (χ0v) is 13.6. The summed E-state index contributed by atoms with van der Waals surface area (Å²) in [6.45, 7) is 5.51. The second kappa shape index (κ2) is 10.4. The number of ether oxygens (including phenoxy) is 2. The summed E-state index contributed by atoms with van der Waals surface area (Å²) in [5.41, 5.74) is 6.62. The SMILES string of the molecule is COCC(N)C(=O)NCc1cccc(OCC(C)C)c1.Cl. The molecule has 1 rings (SSSR count). The van der Waals surface area contributed by atoms with Gasteiger partial charge in [-0.1, -0.05) is 26.0 Å². The van der Waals surface area contributed by atoms with E-state index in [-0.39, 0.29) is 24.9 Å². The van der Waals surface area contributed by atoms with E-state index >= 15 is 0 Å². The Morgan fingerprint density at radius 3 is 2.67 bits per heavy atom. The van der Waals surface area contributed by atoms with Crippen LogP contribution in [0, 0.1) is 5.92 Å². The smallest absolute Gasteiger partial charge is 0.239 e. The number of hydrogen-bond donors (Lipinski definition) is 2. The van der Waals surface area contributed by atoms with Gasteiger partial charge in [0.05, 0.1) is 13.2 Å². The van der Waals surface area contributed by atoms with Gasteiger partial charge in [-0.15, -0.1) is 12.4 Å². The second-order valence-electron chi connectivity index (χ2n) is 5.13. The average molecular weight is 317 g/mol. The summed E-state index contributed by atoms with van der Waals surface area (Å²) in [4.78, 5) is 11.7. The third kappa shape index (κ3) is 7.90. The van der Waals surface area contributed by atoms with E-state index in [2.05, 4.69) is 19.2 Å². The molecule has 0 spiro atoms. The molecule has 0 heterocycles. The first kappa shape index (κ1) is 19.7. The number of hydrogen-bond acceptors (Lipinski definition) is 4.